The van der Waals surface area contributed by atoms with Crippen LogP contribution in [0.4, 0.5) is 4.79 Å². The standard InChI is InChI=1S/C20H21BrN4O5/c21-18-9-16(30-25-18)11-23-19(27)17(8-13-3-5-15(26)6-4-13)24-20(28)29-12-14-2-1-7-22-10-14/h1-7,10,16-17,26H,8-9,11-12H2,(H,23,27)(H,24,28)/t16?,17-/m0/s1. The van der Waals surface area contributed by atoms with Gasteiger partial charge < -0.3 is 25.3 Å². The molecule has 0 aliphatic carbocycles. The number of carbonyl (C=O) groups excluding carboxylic acids is 2. The Morgan fingerprint density at radius 1 is 1.27 bits per heavy atom. The van der Waals surface area contributed by atoms with Gasteiger partial charge in [0.25, 0.3) is 0 Å². The lowest BCUT2D eigenvalue weighted by Gasteiger charge is -2.19. The maximum absolute atomic E-state index is 12.7. The van der Waals surface area contributed by atoms with E-state index in [2.05, 4.69) is 36.7 Å². The number of hydrogen-bond donors (Lipinski definition) is 3. The molecule has 3 rings (SSSR count). The van der Waals surface area contributed by atoms with Gasteiger partial charge in [-0.3, -0.25) is 9.78 Å². The molecule has 0 radical (unpaired) electrons. The van der Waals surface area contributed by atoms with Crippen molar-refractivity contribution < 1.29 is 24.3 Å². The molecule has 0 fully saturated rings. The molecule has 0 spiro atoms. The minimum atomic E-state index is -0.873. The van der Waals surface area contributed by atoms with E-state index in [1.54, 1.807) is 36.7 Å². The van der Waals surface area contributed by atoms with E-state index in [0.29, 0.717) is 11.0 Å². The van der Waals surface area contributed by atoms with Gasteiger partial charge in [0.05, 0.1) is 6.54 Å². The highest BCUT2D eigenvalue weighted by molar-refractivity contribution is 9.18. The summed E-state index contributed by atoms with van der Waals surface area (Å²) in [6.07, 6.45) is 3.01. The van der Waals surface area contributed by atoms with E-state index in [9.17, 15) is 14.7 Å². The van der Waals surface area contributed by atoms with Crippen molar-refractivity contribution in [2.75, 3.05) is 6.54 Å². The number of amides is 2. The number of carbonyl (C=O) groups is 2. The van der Waals surface area contributed by atoms with Crippen LogP contribution in [0.5, 0.6) is 5.75 Å². The lowest BCUT2D eigenvalue weighted by atomic mass is 10.0. The van der Waals surface area contributed by atoms with Crippen molar-refractivity contribution in [2.45, 2.75) is 31.6 Å². The quantitative estimate of drug-likeness (QED) is 0.536. The van der Waals surface area contributed by atoms with Gasteiger partial charge in [-0.15, -0.1) is 0 Å². The van der Waals surface area contributed by atoms with Gasteiger partial charge in [0.1, 0.15) is 23.0 Å². The first kappa shape index (κ1) is 21.6. The zero-order chi connectivity index (χ0) is 21.3. The number of nitrogens with one attached hydrogen (secondary N) is 2. The number of aromatic nitrogens is 1. The lowest BCUT2D eigenvalue weighted by molar-refractivity contribution is -0.123. The second-order valence-electron chi connectivity index (χ2n) is 6.65. The van der Waals surface area contributed by atoms with Crippen LogP contribution in [0.25, 0.3) is 0 Å². The molecule has 158 valence electrons. The molecule has 0 bridgehead atoms. The number of oxime groups is 1. The third-order valence-corrected chi connectivity index (χ3v) is 4.75. The van der Waals surface area contributed by atoms with Crippen LogP contribution in [0.1, 0.15) is 17.5 Å². The highest BCUT2D eigenvalue weighted by Crippen LogP contribution is 2.14. The average Bonchev–Trinajstić information content (AvgIpc) is 3.17. The number of rotatable bonds is 8. The molecule has 3 N–H and O–H groups in total. The zero-order valence-corrected chi connectivity index (χ0v) is 17.5. The number of phenols is 1. The van der Waals surface area contributed by atoms with E-state index in [4.69, 9.17) is 9.57 Å². The molecule has 10 heteroatoms. The normalized spacial score (nSPS) is 16.2. The van der Waals surface area contributed by atoms with Gasteiger partial charge in [-0.1, -0.05) is 23.4 Å². The highest BCUT2D eigenvalue weighted by atomic mass is 79.9. The Morgan fingerprint density at radius 2 is 2.07 bits per heavy atom. The van der Waals surface area contributed by atoms with Crippen LogP contribution >= 0.6 is 15.9 Å². The van der Waals surface area contributed by atoms with Gasteiger partial charge in [0.15, 0.2) is 6.10 Å². The number of benzene rings is 1. The van der Waals surface area contributed by atoms with E-state index in [1.165, 1.54) is 12.1 Å². The van der Waals surface area contributed by atoms with Crippen molar-refractivity contribution in [1.82, 2.24) is 15.6 Å². The summed E-state index contributed by atoms with van der Waals surface area (Å²) in [5.41, 5.74) is 1.50. The molecule has 1 aromatic carbocycles. The van der Waals surface area contributed by atoms with Gasteiger partial charge in [-0.2, -0.15) is 0 Å². The molecular weight excluding hydrogens is 456 g/mol. The van der Waals surface area contributed by atoms with Crippen LogP contribution in [-0.2, 0) is 27.4 Å². The first-order chi connectivity index (χ1) is 14.5. The molecule has 1 aromatic heterocycles. The fraction of sp³-hybridized carbons (Fsp3) is 0.300. The second kappa shape index (κ2) is 10.6. The fourth-order valence-corrected chi connectivity index (χ4v) is 3.18. The van der Waals surface area contributed by atoms with E-state index < -0.39 is 12.1 Å². The van der Waals surface area contributed by atoms with Crippen molar-refractivity contribution >= 4 is 32.6 Å². The Kier molecular flexibility index (Phi) is 7.61. The molecule has 1 aliphatic heterocycles. The average molecular weight is 477 g/mol. The lowest BCUT2D eigenvalue weighted by Crippen LogP contribution is -2.49. The summed E-state index contributed by atoms with van der Waals surface area (Å²) >= 11 is 3.25. The Balaban J connectivity index is 1.58. The largest absolute Gasteiger partial charge is 0.508 e. The molecule has 2 atom stereocenters. The van der Waals surface area contributed by atoms with Gasteiger partial charge in [0, 0.05) is 30.8 Å². The van der Waals surface area contributed by atoms with Crippen LogP contribution < -0.4 is 10.6 Å². The summed E-state index contributed by atoms with van der Waals surface area (Å²) in [6.45, 7) is 0.282. The molecule has 1 aliphatic rings. The number of ether oxygens (including phenoxy) is 1. The van der Waals surface area contributed by atoms with E-state index in [0.717, 1.165) is 11.1 Å². The second-order valence-corrected chi connectivity index (χ2v) is 7.56. The molecule has 0 saturated heterocycles. The summed E-state index contributed by atoms with van der Waals surface area (Å²) in [6, 6.07) is 9.06. The van der Waals surface area contributed by atoms with Crippen LogP contribution in [0, 0.1) is 0 Å². The monoisotopic (exact) mass is 476 g/mol. The predicted octanol–water partition coefficient (Wildman–Crippen LogP) is 2.24. The number of aromatic hydroxyl groups is 1. The molecule has 2 heterocycles. The molecular formula is C20H21BrN4O5. The maximum Gasteiger partial charge on any atom is 0.408 e. The SMILES string of the molecule is O=C(N[C@@H](Cc1ccc(O)cc1)C(=O)NCC1CC(Br)=NO1)OCc1cccnc1. The van der Waals surface area contributed by atoms with Gasteiger partial charge in [-0.25, -0.2) is 4.79 Å². The summed E-state index contributed by atoms with van der Waals surface area (Å²) in [5.74, 6) is -0.263. The third-order valence-electron chi connectivity index (χ3n) is 4.28. The summed E-state index contributed by atoms with van der Waals surface area (Å²) < 4.78 is 5.88. The number of halogens is 1. The predicted molar refractivity (Wildman–Crippen MR) is 112 cm³/mol. The Hall–Kier alpha value is -3.14. The Morgan fingerprint density at radius 3 is 2.73 bits per heavy atom. The fourth-order valence-electron chi connectivity index (χ4n) is 2.73. The summed E-state index contributed by atoms with van der Waals surface area (Å²) in [5, 5.41) is 18.6. The van der Waals surface area contributed by atoms with Crippen LogP contribution in [-0.4, -0.2) is 45.4 Å². The van der Waals surface area contributed by atoms with Gasteiger partial charge in [-0.05, 0) is 39.7 Å². The number of hydrogen-bond acceptors (Lipinski definition) is 7. The molecule has 9 nitrogen and oxygen atoms in total. The van der Waals surface area contributed by atoms with E-state index in [1.807, 2.05) is 0 Å². The van der Waals surface area contributed by atoms with Crippen LogP contribution in [0.2, 0.25) is 0 Å². The van der Waals surface area contributed by atoms with Gasteiger partial charge >= 0.3 is 6.09 Å². The summed E-state index contributed by atoms with van der Waals surface area (Å²) in [4.78, 5) is 34.1. The number of alkyl carbamates (subject to hydrolysis) is 1. The van der Waals surface area contributed by atoms with Crippen molar-refractivity contribution in [1.29, 1.82) is 0 Å². The molecule has 0 saturated carbocycles. The van der Waals surface area contributed by atoms with Gasteiger partial charge in [0.2, 0.25) is 5.91 Å². The third kappa shape index (κ3) is 6.73. The highest BCUT2D eigenvalue weighted by Gasteiger charge is 2.25. The van der Waals surface area contributed by atoms with Crippen molar-refractivity contribution in [2.24, 2.45) is 5.16 Å². The first-order valence-corrected chi connectivity index (χ1v) is 10.0. The Labute approximate surface area is 181 Å². The smallest absolute Gasteiger partial charge is 0.408 e. The van der Waals surface area contributed by atoms with Crippen molar-refractivity contribution in [3.05, 3.63) is 59.9 Å². The maximum atomic E-state index is 12.7. The van der Waals surface area contributed by atoms with Crippen LogP contribution in [0.3, 0.4) is 0 Å². The first-order valence-electron chi connectivity index (χ1n) is 9.25. The van der Waals surface area contributed by atoms with E-state index in [-0.39, 0.29) is 37.3 Å². The Bertz CT molecular complexity index is 892. The molecule has 2 amide bonds. The molecule has 1 unspecified atom stereocenters. The van der Waals surface area contributed by atoms with E-state index >= 15 is 0 Å². The minimum absolute atomic E-state index is 0.0362. The number of pyridine rings is 1. The number of phenolic OH excluding ortho intramolecular Hbond substituents is 1. The molecule has 2 aromatic rings. The summed E-state index contributed by atoms with van der Waals surface area (Å²) in [7, 11) is 0. The number of nitrogens with zero attached hydrogens (tertiary/aromatic N) is 2. The minimum Gasteiger partial charge on any atom is -0.508 e. The topological polar surface area (TPSA) is 122 Å². The van der Waals surface area contributed by atoms with Crippen LogP contribution in [0.15, 0.2) is 53.9 Å². The zero-order valence-electron chi connectivity index (χ0n) is 16.0. The molecule has 30 heavy (non-hydrogen) atoms. The van der Waals surface area contributed by atoms with Crippen molar-refractivity contribution in [3.8, 4) is 5.75 Å². The van der Waals surface area contributed by atoms with Crippen molar-refractivity contribution in [3.63, 3.8) is 0 Å².